The Bertz CT molecular complexity index is 396. The van der Waals surface area contributed by atoms with Gasteiger partial charge in [0, 0.05) is 4.47 Å². The van der Waals surface area contributed by atoms with Crippen molar-refractivity contribution in [3.8, 4) is 6.07 Å². The van der Waals surface area contributed by atoms with Crippen LogP contribution in [0.1, 0.15) is 22.8 Å². The molecule has 0 spiro atoms. The second-order valence-corrected chi connectivity index (χ2v) is 3.44. The van der Waals surface area contributed by atoms with Crippen LogP contribution >= 0.6 is 15.9 Å². The third-order valence-electron chi connectivity index (χ3n) is 1.60. The first-order chi connectivity index (χ1) is 6.69. The van der Waals surface area contributed by atoms with Gasteiger partial charge in [-0.1, -0.05) is 15.9 Å². The van der Waals surface area contributed by atoms with Crippen LogP contribution in [0, 0.1) is 11.3 Å². The minimum atomic E-state index is -0.462. The highest BCUT2D eigenvalue weighted by Crippen LogP contribution is 2.16. The predicted molar refractivity (Wildman–Crippen MR) is 54.8 cm³/mol. The van der Waals surface area contributed by atoms with E-state index < -0.39 is 5.97 Å². The molecule has 0 fully saturated rings. The lowest BCUT2D eigenvalue weighted by Gasteiger charge is -2.03. The third-order valence-corrected chi connectivity index (χ3v) is 2.09. The Hall–Kier alpha value is -1.34. The van der Waals surface area contributed by atoms with Crippen LogP contribution in [0.15, 0.2) is 22.7 Å². The molecule has 0 bridgehead atoms. The van der Waals surface area contributed by atoms with Crippen LogP contribution in [0.4, 0.5) is 0 Å². The summed E-state index contributed by atoms with van der Waals surface area (Å²) in [4.78, 5) is 11.3. The molecule has 14 heavy (non-hydrogen) atoms. The van der Waals surface area contributed by atoms with Gasteiger partial charge in [-0.25, -0.2) is 4.79 Å². The molecule has 1 aromatic rings. The van der Waals surface area contributed by atoms with Crippen molar-refractivity contribution in [3.63, 3.8) is 0 Å². The number of nitrogens with zero attached hydrogens (tertiary/aromatic N) is 1. The average Bonchev–Trinajstić information content (AvgIpc) is 2.17. The second-order valence-electron chi connectivity index (χ2n) is 2.52. The van der Waals surface area contributed by atoms with Gasteiger partial charge in [0.05, 0.1) is 17.7 Å². The number of hydrogen-bond donors (Lipinski definition) is 0. The fraction of sp³-hybridized carbons (Fsp3) is 0.200. The van der Waals surface area contributed by atoms with Crippen molar-refractivity contribution in [2.75, 3.05) is 6.61 Å². The molecule has 1 aromatic carbocycles. The Kier molecular flexibility index (Phi) is 3.66. The Balaban J connectivity index is 3.09. The lowest BCUT2D eigenvalue weighted by Crippen LogP contribution is -2.06. The van der Waals surface area contributed by atoms with Crippen molar-refractivity contribution in [3.05, 3.63) is 33.8 Å². The highest BCUT2D eigenvalue weighted by molar-refractivity contribution is 9.10. The van der Waals surface area contributed by atoms with Crippen LogP contribution in [0.5, 0.6) is 0 Å². The molecule has 4 heteroatoms. The number of benzene rings is 1. The summed E-state index contributed by atoms with van der Waals surface area (Å²) in [7, 11) is 0. The standard InChI is InChI=1S/C10H8BrNO2/c1-2-14-10(13)9-4-3-8(11)5-7(9)6-12/h3-5H,2H2,1H3. The van der Waals surface area contributed by atoms with E-state index in [1.807, 2.05) is 6.07 Å². The summed E-state index contributed by atoms with van der Waals surface area (Å²) in [6.07, 6.45) is 0. The van der Waals surface area contributed by atoms with Crippen LogP contribution in [-0.2, 0) is 4.74 Å². The minimum absolute atomic E-state index is 0.303. The van der Waals surface area contributed by atoms with Gasteiger partial charge in [0.25, 0.3) is 0 Å². The molecule has 0 radical (unpaired) electrons. The number of halogens is 1. The fourth-order valence-corrected chi connectivity index (χ4v) is 1.36. The summed E-state index contributed by atoms with van der Waals surface area (Å²) in [5.41, 5.74) is 0.621. The maximum Gasteiger partial charge on any atom is 0.339 e. The van der Waals surface area contributed by atoms with E-state index in [1.54, 1.807) is 25.1 Å². The van der Waals surface area contributed by atoms with Gasteiger partial charge in [-0.05, 0) is 25.1 Å². The zero-order chi connectivity index (χ0) is 10.6. The first-order valence-electron chi connectivity index (χ1n) is 4.05. The van der Waals surface area contributed by atoms with Gasteiger partial charge in [0.1, 0.15) is 6.07 Å². The first-order valence-corrected chi connectivity index (χ1v) is 4.85. The van der Waals surface area contributed by atoms with Gasteiger partial charge in [-0.2, -0.15) is 5.26 Å². The highest BCUT2D eigenvalue weighted by Gasteiger charge is 2.11. The molecular weight excluding hydrogens is 246 g/mol. The Morgan fingerprint density at radius 3 is 2.93 bits per heavy atom. The van der Waals surface area contributed by atoms with Gasteiger partial charge < -0.3 is 4.74 Å². The summed E-state index contributed by atoms with van der Waals surface area (Å²) < 4.78 is 5.57. The predicted octanol–water partition coefficient (Wildman–Crippen LogP) is 2.50. The number of carbonyl (C=O) groups is 1. The highest BCUT2D eigenvalue weighted by atomic mass is 79.9. The molecule has 0 amide bonds. The molecule has 0 aliphatic heterocycles. The molecule has 0 N–H and O–H groups in total. The molecule has 0 atom stereocenters. The minimum Gasteiger partial charge on any atom is -0.462 e. The van der Waals surface area contributed by atoms with E-state index in [0.29, 0.717) is 17.7 Å². The monoisotopic (exact) mass is 253 g/mol. The van der Waals surface area contributed by atoms with Gasteiger partial charge in [-0.3, -0.25) is 0 Å². The van der Waals surface area contributed by atoms with Crippen molar-refractivity contribution in [1.29, 1.82) is 5.26 Å². The number of carbonyl (C=O) groups excluding carboxylic acids is 1. The van der Waals surface area contributed by atoms with Gasteiger partial charge in [-0.15, -0.1) is 0 Å². The molecule has 0 unspecified atom stereocenters. The van der Waals surface area contributed by atoms with E-state index >= 15 is 0 Å². The molecule has 0 aliphatic rings. The number of rotatable bonds is 2. The smallest absolute Gasteiger partial charge is 0.339 e. The van der Waals surface area contributed by atoms with Crippen LogP contribution in [0.2, 0.25) is 0 Å². The average molecular weight is 254 g/mol. The quantitative estimate of drug-likeness (QED) is 0.762. The van der Waals surface area contributed by atoms with E-state index in [0.717, 1.165) is 4.47 Å². The van der Waals surface area contributed by atoms with E-state index in [-0.39, 0.29) is 0 Å². The topological polar surface area (TPSA) is 50.1 Å². The van der Waals surface area contributed by atoms with Gasteiger partial charge in [0.15, 0.2) is 0 Å². The van der Waals surface area contributed by atoms with Crippen molar-refractivity contribution < 1.29 is 9.53 Å². The van der Waals surface area contributed by atoms with Crippen molar-refractivity contribution in [2.45, 2.75) is 6.92 Å². The Morgan fingerprint density at radius 1 is 1.64 bits per heavy atom. The normalized spacial score (nSPS) is 9.21. The summed E-state index contributed by atoms with van der Waals surface area (Å²) in [6, 6.07) is 6.81. The molecule has 0 aromatic heterocycles. The SMILES string of the molecule is CCOC(=O)c1ccc(Br)cc1C#N. The zero-order valence-corrected chi connectivity index (χ0v) is 9.17. The maximum absolute atomic E-state index is 11.3. The molecule has 72 valence electrons. The van der Waals surface area contributed by atoms with E-state index in [2.05, 4.69) is 15.9 Å². The number of nitriles is 1. The second kappa shape index (κ2) is 4.77. The van der Waals surface area contributed by atoms with Crippen LogP contribution < -0.4 is 0 Å². The Morgan fingerprint density at radius 2 is 2.36 bits per heavy atom. The van der Waals surface area contributed by atoms with Crippen LogP contribution in [0.3, 0.4) is 0 Å². The van der Waals surface area contributed by atoms with Crippen LogP contribution in [0.25, 0.3) is 0 Å². The van der Waals surface area contributed by atoms with E-state index in [4.69, 9.17) is 10.00 Å². The van der Waals surface area contributed by atoms with Gasteiger partial charge >= 0.3 is 5.97 Å². The summed E-state index contributed by atoms with van der Waals surface area (Å²) in [6.45, 7) is 2.03. The van der Waals surface area contributed by atoms with Gasteiger partial charge in [0.2, 0.25) is 0 Å². The Labute approximate surface area is 90.4 Å². The largest absolute Gasteiger partial charge is 0.462 e. The molecule has 3 nitrogen and oxygen atoms in total. The molecule has 1 rings (SSSR count). The fourth-order valence-electron chi connectivity index (χ4n) is 0.996. The summed E-state index contributed by atoms with van der Waals surface area (Å²) in [5, 5.41) is 8.78. The van der Waals surface area contributed by atoms with Crippen molar-refractivity contribution in [2.24, 2.45) is 0 Å². The molecule has 0 aliphatic carbocycles. The molecule has 0 saturated heterocycles. The first kappa shape index (κ1) is 10.7. The number of ether oxygens (including phenoxy) is 1. The maximum atomic E-state index is 11.3. The zero-order valence-electron chi connectivity index (χ0n) is 7.58. The third kappa shape index (κ3) is 2.33. The van der Waals surface area contributed by atoms with E-state index in [9.17, 15) is 4.79 Å². The van der Waals surface area contributed by atoms with E-state index in [1.165, 1.54) is 0 Å². The number of esters is 1. The molecule has 0 heterocycles. The van der Waals surface area contributed by atoms with Crippen molar-refractivity contribution in [1.82, 2.24) is 0 Å². The summed E-state index contributed by atoms with van der Waals surface area (Å²) >= 11 is 3.22. The van der Waals surface area contributed by atoms with Crippen LogP contribution in [-0.4, -0.2) is 12.6 Å². The molecule has 0 saturated carbocycles. The number of hydrogen-bond acceptors (Lipinski definition) is 3. The lowest BCUT2D eigenvalue weighted by molar-refractivity contribution is 0.0526. The lowest BCUT2D eigenvalue weighted by atomic mass is 10.1. The van der Waals surface area contributed by atoms with Crippen molar-refractivity contribution >= 4 is 21.9 Å². The summed E-state index contributed by atoms with van der Waals surface area (Å²) in [5.74, 6) is -0.462. The molecular formula is C10H8BrNO2.